The summed E-state index contributed by atoms with van der Waals surface area (Å²) >= 11 is 0. The molecule has 0 aromatic carbocycles. The molecule has 0 spiro atoms. The van der Waals surface area contributed by atoms with Gasteiger partial charge in [0.2, 0.25) is 0 Å². The van der Waals surface area contributed by atoms with E-state index in [1.54, 1.807) is 0 Å². The van der Waals surface area contributed by atoms with Gasteiger partial charge in [-0.25, -0.2) is 0 Å². The van der Waals surface area contributed by atoms with Gasteiger partial charge in [-0.3, -0.25) is 0 Å². The van der Waals surface area contributed by atoms with Crippen molar-refractivity contribution in [3.05, 3.63) is 0 Å². The molecule has 0 aromatic heterocycles. The third-order valence-corrected chi connectivity index (χ3v) is 0. The Morgan fingerprint density at radius 2 is 1.25 bits per heavy atom. The standard InChI is InChI=1S/Ni.H5PSi.W/c;1-2;/h;1H2,2H3;. The largest absolute Gasteiger partial charge is 0.159 e. The average Bonchev–Trinajstić information content (AvgIpc) is 1.00. The Morgan fingerprint density at radius 3 is 1.25 bits per heavy atom. The molecular weight excluding hydrogens is 302 g/mol. The van der Waals surface area contributed by atoms with Crippen molar-refractivity contribution < 1.29 is 37.6 Å². The maximum absolute atomic E-state index is 2.56. The van der Waals surface area contributed by atoms with E-state index in [1.165, 1.54) is 9.91 Å². The van der Waals surface area contributed by atoms with E-state index in [0.717, 1.165) is 0 Å². The van der Waals surface area contributed by atoms with Crippen LogP contribution in [0.3, 0.4) is 0 Å². The summed E-state index contributed by atoms with van der Waals surface area (Å²) in [5, 5.41) is 0. The molecule has 0 aromatic rings. The van der Waals surface area contributed by atoms with Crippen molar-refractivity contribution in [1.82, 2.24) is 0 Å². The van der Waals surface area contributed by atoms with Gasteiger partial charge in [-0.2, -0.15) is 8.79 Å². The van der Waals surface area contributed by atoms with E-state index >= 15 is 0 Å². The number of hydrogen-bond donors (Lipinski definition) is 0. The molecule has 0 aliphatic heterocycles. The molecule has 1 atom stereocenters. The van der Waals surface area contributed by atoms with Crippen molar-refractivity contribution in [2.75, 3.05) is 0 Å². The van der Waals surface area contributed by atoms with Crippen molar-refractivity contribution >= 4 is 18.7 Å². The molecule has 4 heteroatoms. The summed E-state index contributed by atoms with van der Waals surface area (Å²) in [4.78, 5) is 0. The molecule has 0 saturated carbocycles. The van der Waals surface area contributed by atoms with Gasteiger partial charge in [0.05, 0.1) is 0 Å². The van der Waals surface area contributed by atoms with Crippen LogP contribution in [0.25, 0.3) is 0 Å². The van der Waals surface area contributed by atoms with Crippen LogP contribution in [0.2, 0.25) is 0 Å². The van der Waals surface area contributed by atoms with E-state index < -0.39 is 0 Å². The maximum Gasteiger partial charge on any atom is 0.0252 e. The predicted octanol–water partition coefficient (Wildman–Crippen LogP) is -0.863. The number of hydrogen-bond acceptors (Lipinski definition) is 0. The Hall–Kier alpha value is 1.83. The summed E-state index contributed by atoms with van der Waals surface area (Å²) in [7, 11) is 3.78. The zero-order valence-corrected chi connectivity index (χ0v) is 9.38. The van der Waals surface area contributed by atoms with Crippen LogP contribution in [0.5, 0.6) is 0 Å². The van der Waals surface area contributed by atoms with Crippen LogP contribution in [0.15, 0.2) is 0 Å². The molecule has 0 N–H and O–H groups in total. The summed E-state index contributed by atoms with van der Waals surface area (Å²) < 4.78 is 0. The van der Waals surface area contributed by atoms with Gasteiger partial charge in [0.25, 0.3) is 0 Å². The number of rotatable bonds is 0. The Labute approximate surface area is 56.2 Å². The smallest absolute Gasteiger partial charge is 0.0252 e. The third-order valence-electron chi connectivity index (χ3n) is 0. The molecule has 30 valence electrons. The van der Waals surface area contributed by atoms with Crippen LogP contribution in [-0.4, -0.2) is 9.91 Å². The average molecular weight is 307 g/mol. The molecule has 0 radical (unpaired) electrons. The first-order valence-electron chi connectivity index (χ1n) is 0.577. The Kier molecular flexibility index (Phi) is 89.9. The van der Waals surface area contributed by atoms with Crippen molar-refractivity contribution in [2.24, 2.45) is 0 Å². The van der Waals surface area contributed by atoms with E-state index in [-0.39, 0.29) is 37.6 Å². The van der Waals surface area contributed by atoms with Crippen molar-refractivity contribution in [3.8, 4) is 0 Å². The molecule has 0 bridgehead atoms. The minimum Gasteiger partial charge on any atom is -0.159 e. The second-order valence-electron chi connectivity index (χ2n) is 0. The van der Waals surface area contributed by atoms with Gasteiger partial charge < -0.3 is 0 Å². The molecule has 0 amide bonds. The molecule has 0 rings (SSSR count). The third kappa shape index (κ3) is 9.16. The van der Waals surface area contributed by atoms with Crippen LogP contribution in [0, 0.1) is 0 Å². The van der Waals surface area contributed by atoms with Gasteiger partial charge in [-0.1, -0.05) is 0 Å². The first-order chi connectivity index (χ1) is 1.00. The van der Waals surface area contributed by atoms with Gasteiger partial charge in [0.1, 0.15) is 0 Å². The van der Waals surface area contributed by atoms with Crippen LogP contribution in [0.1, 0.15) is 0 Å². The second-order valence-corrected chi connectivity index (χ2v) is 0. The van der Waals surface area contributed by atoms with Gasteiger partial charge in [0, 0.05) is 47.5 Å². The quantitative estimate of drug-likeness (QED) is 0.403. The van der Waals surface area contributed by atoms with E-state index in [0.29, 0.717) is 0 Å². The topological polar surface area (TPSA) is 0 Å². The summed E-state index contributed by atoms with van der Waals surface area (Å²) in [5.74, 6) is 0. The summed E-state index contributed by atoms with van der Waals surface area (Å²) in [5.41, 5.74) is 0. The Balaban J connectivity index is -0.00000000500. The Morgan fingerprint density at radius 1 is 1.25 bits per heavy atom. The molecule has 4 heavy (non-hydrogen) atoms. The van der Waals surface area contributed by atoms with Crippen LogP contribution >= 0.6 is 8.79 Å². The van der Waals surface area contributed by atoms with Crippen molar-refractivity contribution in [2.45, 2.75) is 0 Å². The zero-order valence-electron chi connectivity index (χ0n) is 2.30. The molecular formula is H5NiPSiW. The fraction of sp³-hybridized carbons (Fsp3) is 0. The maximum atomic E-state index is 2.56. The predicted molar refractivity (Wildman–Crippen MR) is 19.6 cm³/mol. The fourth-order valence-corrected chi connectivity index (χ4v) is 0. The summed E-state index contributed by atoms with van der Waals surface area (Å²) in [6.07, 6.45) is 0. The summed E-state index contributed by atoms with van der Waals surface area (Å²) in [6.45, 7) is 0. The zero-order chi connectivity index (χ0) is 2.00. The van der Waals surface area contributed by atoms with E-state index in [2.05, 4.69) is 8.79 Å². The molecule has 0 fully saturated rings. The van der Waals surface area contributed by atoms with Crippen LogP contribution in [-0.2, 0) is 37.6 Å². The minimum atomic E-state index is 0. The first-order valence-corrected chi connectivity index (χ1v) is 5.20. The molecule has 0 saturated heterocycles. The van der Waals surface area contributed by atoms with E-state index in [9.17, 15) is 0 Å². The fourth-order valence-electron chi connectivity index (χ4n) is 0. The van der Waals surface area contributed by atoms with Crippen molar-refractivity contribution in [3.63, 3.8) is 0 Å². The monoisotopic (exact) mass is 306 g/mol. The second kappa shape index (κ2) is 21.2. The van der Waals surface area contributed by atoms with E-state index in [4.69, 9.17) is 0 Å². The van der Waals surface area contributed by atoms with Gasteiger partial charge in [-0.05, 0) is 0 Å². The van der Waals surface area contributed by atoms with Crippen LogP contribution < -0.4 is 0 Å². The van der Waals surface area contributed by atoms with Crippen LogP contribution in [0.4, 0.5) is 0 Å². The van der Waals surface area contributed by atoms with E-state index in [1.807, 2.05) is 0 Å². The van der Waals surface area contributed by atoms with Crippen molar-refractivity contribution in [1.29, 1.82) is 0 Å². The Bertz CT molecular complexity index is 8.00. The van der Waals surface area contributed by atoms with Gasteiger partial charge in [0.15, 0.2) is 0 Å². The molecule has 0 aliphatic carbocycles. The normalized spacial score (nSPS) is 2.25. The minimum absolute atomic E-state index is 0. The van der Waals surface area contributed by atoms with Gasteiger partial charge in [-0.15, -0.1) is 0 Å². The van der Waals surface area contributed by atoms with Gasteiger partial charge >= 0.3 is 0 Å². The molecule has 0 heterocycles. The molecule has 0 aliphatic rings. The molecule has 0 nitrogen and oxygen atoms in total. The SMILES string of the molecule is [Ni].[SiH3]P.[W]. The summed E-state index contributed by atoms with van der Waals surface area (Å²) in [6, 6.07) is 0. The first kappa shape index (κ1) is 17.0. The molecule has 1 unspecified atom stereocenters.